The first-order chi connectivity index (χ1) is 10.0. The van der Waals surface area contributed by atoms with Gasteiger partial charge in [-0.25, -0.2) is 0 Å². The summed E-state index contributed by atoms with van der Waals surface area (Å²) in [6.45, 7) is 4.43. The second-order valence-corrected chi connectivity index (χ2v) is 5.05. The number of carbonyl (C=O) groups excluding carboxylic acids is 1. The lowest BCUT2D eigenvalue weighted by molar-refractivity contribution is 0.0986. The van der Waals surface area contributed by atoms with Crippen molar-refractivity contribution in [1.29, 1.82) is 0 Å². The van der Waals surface area contributed by atoms with Gasteiger partial charge < -0.3 is 15.7 Å². The third-order valence-corrected chi connectivity index (χ3v) is 3.35. The van der Waals surface area contributed by atoms with Crippen LogP contribution in [0.15, 0.2) is 42.5 Å². The molecule has 0 aromatic heterocycles. The highest BCUT2D eigenvalue weighted by Gasteiger charge is 2.17. The SMILES string of the molecule is CCCN(C(=O)c1ccc(C)c(O)c1)c1ccc(N)cc1. The number of rotatable bonds is 4. The highest BCUT2D eigenvalue weighted by Crippen LogP contribution is 2.22. The van der Waals surface area contributed by atoms with Gasteiger partial charge in [-0.2, -0.15) is 0 Å². The number of phenolic OH excluding ortho intramolecular Hbond substituents is 1. The van der Waals surface area contributed by atoms with E-state index in [0.717, 1.165) is 17.7 Å². The van der Waals surface area contributed by atoms with Gasteiger partial charge >= 0.3 is 0 Å². The second kappa shape index (κ2) is 6.31. The normalized spacial score (nSPS) is 10.4. The monoisotopic (exact) mass is 284 g/mol. The maximum Gasteiger partial charge on any atom is 0.258 e. The standard InChI is InChI=1S/C17H20N2O2/c1-3-10-19(15-8-6-14(18)7-9-15)17(21)13-5-4-12(2)16(20)11-13/h4-9,11,20H,3,10,18H2,1-2H3. The maximum absolute atomic E-state index is 12.7. The number of aromatic hydroxyl groups is 1. The average Bonchev–Trinajstić information content (AvgIpc) is 2.48. The number of phenols is 1. The average molecular weight is 284 g/mol. The topological polar surface area (TPSA) is 66.6 Å². The highest BCUT2D eigenvalue weighted by atomic mass is 16.3. The number of benzene rings is 2. The van der Waals surface area contributed by atoms with Crippen LogP contribution in [0.1, 0.15) is 29.3 Å². The molecule has 0 radical (unpaired) electrons. The van der Waals surface area contributed by atoms with Gasteiger partial charge in [-0.3, -0.25) is 4.79 Å². The van der Waals surface area contributed by atoms with Gasteiger partial charge in [0.2, 0.25) is 0 Å². The van der Waals surface area contributed by atoms with E-state index < -0.39 is 0 Å². The Morgan fingerprint density at radius 3 is 2.43 bits per heavy atom. The van der Waals surface area contributed by atoms with E-state index in [2.05, 4.69) is 0 Å². The third kappa shape index (κ3) is 3.34. The molecule has 0 saturated carbocycles. The van der Waals surface area contributed by atoms with Crippen molar-refractivity contribution < 1.29 is 9.90 Å². The van der Waals surface area contributed by atoms with Crippen LogP contribution in [0.2, 0.25) is 0 Å². The number of hydrogen-bond donors (Lipinski definition) is 2. The number of nitrogens with zero attached hydrogens (tertiary/aromatic N) is 1. The molecule has 0 heterocycles. The molecule has 4 heteroatoms. The number of aryl methyl sites for hydroxylation is 1. The van der Waals surface area contributed by atoms with E-state index in [1.165, 1.54) is 6.07 Å². The highest BCUT2D eigenvalue weighted by molar-refractivity contribution is 6.06. The van der Waals surface area contributed by atoms with Gasteiger partial charge in [0.1, 0.15) is 5.75 Å². The van der Waals surface area contributed by atoms with Gasteiger partial charge in [0.15, 0.2) is 0 Å². The molecule has 0 aliphatic carbocycles. The lowest BCUT2D eigenvalue weighted by atomic mass is 10.1. The number of hydrogen-bond acceptors (Lipinski definition) is 3. The molecule has 0 fully saturated rings. The van der Waals surface area contributed by atoms with Crippen LogP contribution < -0.4 is 10.6 Å². The van der Waals surface area contributed by atoms with Gasteiger partial charge in [0.05, 0.1) is 0 Å². The molecule has 0 unspecified atom stereocenters. The molecule has 21 heavy (non-hydrogen) atoms. The quantitative estimate of drug-likeness (QED) is 0.846. The Kier molecular flexibility index (Phi) is 4.48. The molecule has 2 rings (SSSR count). The van der Waals surface area contributed by atoms with Gasteiger partial charge in [-0.15, -0.1) is 0 Å². The fourth-order valence-electron chi connectivity index (χ4n) is 2.12. The Balaban J connectivity index is 2.34. The fourth-order valence-corrected chi connectivity index (χ4v) is 2.12. The zero-order valence-electron chi connectivity index (χ0n) is 12.3. The van der Waals surface area contributed by atoms with Crippen molar-refractivity contribution in [2.45, 2.75) is 20.3 Å². The van der Waals surface area contributed by atoms with Crippen molar-refractivity contribution >= 4 is 17.3 Å². The number of nitrogens with two attached hydrogens (primary N) is 1. The van der Waals surface area contributed by atoms with Crippen LogP contribution in [0.25, 0.3) is 0 Å². The smallest absolute Gasteiger partial charge is 0.258 e. The molecular formula is C17H20N2O2. The van der Waals surface area contributed by atoms with Gasteiger partial charge in [0, 0.05) is 23.5 Å². The van der Waals surface area contributed by atoms with Crippen molar-refractivity contribution in [1.82, 2.24) is 0 Å². The first-order valence-corrected chi connectivity index (χ1v) is 7.00. The zero-order chi connectivity index (χ0) is 15.4. The molecule has 2 aromatic carbocycles. The Morgan fingerprint density at radius 2 is 1.86 bits per heavy atom. The lowest BCUT2D eigenvalue weighted by Gasteiger charge is -2.22. The summed E-state index contributed by atoms with van der Waals surface area (Å²) in [5.41, 5.74) is 8.38. The minimum Gasteiger partial charge on any atom is -0.508 e. The first kappa shape index (κ1) is 14.9. The second-order valence-electron chi connectivity index (χ2n) is 5.05. The first-order valence-electron chi connectivity index (χ1n) is 7.00. The molecule has 2 aromatic rings. The Labute approximate surface area is 124 Å². The van der Waals surface area contributed by atoms with Crippen LogP contribution in [-0.4, -0.2) is 17.6 Å². The number of carbonyl (C=O) groups is 1. The van der Waals surface area contributed by atoms with Crippen molar-refractivity contribution in [3.63, 3.8) is 0 Å². The molecule has 0 saturated heterocycles. The van der Waals surface area contributed by atoms with E-state index in [1.54, 1.807) is 36.1 Å². The van der Waals surface area contributed by atoms with Crippen molar-refractivity contribution in [3.8, 4) is 5.75 Å². The molecule has 0 atom stereocenters. The molecule has 0 bridgehead atoms. The third-order valence-electron chi connectivity index (χ3n) is 3.35. The van der Waals surface area contributed by atoms with Crippen LogP contribution in [0, 0.1) is 6.92 Å². The van der Waals surface area contributed by atoms with E-state index in [-0.39, 0.29) is 11.7 Å². The maximum atomic E-state index is 12.7. The van der Waals surface area contributed by atoms with Crippen LogP contribution in [0.3, 0.4) is 0 Å². The summed E-state index contributed by atoms with van der Waals surface area (Å²) in [5, 5.41) is 9.78. The Hall–Kier alpha value is -2.49. The molecular weight excluding hydrogens is 264 g/mol. The summed E-state index contributed by atoms with van der Waals surface area (Å²) in [6, 6.07) is 12.2. The lowest BCUT2D eigenvalue weighted by Crippen LogP contribution is -2.31. The Morgan fingerprint density at radius 1 is 1.19 bits per heavy atom. The fraction of sp³-hybridized carbons (Fsp3) is 0.235. The van der Waals surface area contributed by atoms with E-state index in [9.17, 15) is 9.90 Å². The van der Waals surface area contributed by atoms with Crippen LogP contribution in [-0.2, 0) is 0 Å². The molecule has 0 spiro atoms. The van der Waals surface area contributed by atoms with Crippen LogP contribution in [0.4, 0.5) is 11.4 Å². The number of anilines is 2. The summed E-state index contributed by atoms with van der Waals surface area (Å²) >= 11 is 0. The van der Waals surface area contributed by atoms with Crippen molar-refractivity contribution in [2.75, 3.05) is 17.2 Å². The van der Waals surface area contributed by atoms with Gasteiger partial charge in [-0.1, -0.05) is 13.0 Å². The van der Waals surface area contributed by atoms with Gasteiger partial charge in [-0.05, 0) is 55.3 Å². The van der Waals surface area contributed by atoms with Gasteiger partial charge in [0.25, 0.3) is 5.91 Å². The number of amides is 1. The predicted octanol–water partition coefficient (Wildman–Crippen LogP) is 3.34. The van der Waals surface area contributed by atoms with Crippen LogP contribution in [0.5, 0.6) is 5.75 Å². The molecule has 3 N–H and O–H groups in total. The Bertz CT molecular complexity index is 636. The van der Waals surface area contributed by atoms with Crippen LogP contribution >= 0.6 is 0 Å². The van der Waals surface area contributed by atoms with Crippen molar-refractivity contribution in [2.24, 2.45) is 0 Å². The largest absolute Gasteiger partial charge is 0.508 e. The van der Waals surface area contributed by atoms with E-state index in [0.29, 0.717) is 17.8 Å². The minimum atomic E-state index is -0.128. The predicted molar refractivity (Wildman–Crippen MR) is 85.7 cm³/mol. The summed E-state index contributed by atoms with van der Waals surface area (Å²) in [6.07, 6.45) is 0.841. The molecule has 4 nitrogen and oxygen atoms in total. The van der Waals surface area contributed by atoms with E-state index in [1.807, 2.05) is 19.1 Å². The van der Waals surface area contributed by atoms with E-state index in [4.69, 9.17) is 5.73 Å². The molecule has 0 aliphatic heterocycles. The number of nitrogen functional groups attached to an aromatic ring is 1. The summed E-state index contributed by atoms with van der Waals surface area (Å²) < 4.78 is 0. The molecule has 0 aliphatic rings. The summed E-state index contributed by atoms with van der Waals surface area (Å²) in [5.74, 6) is 0.00604. The van der Waals surface area contributed by atoms with E-state index >= 15 is 0 Å². The molecule has 110 valence electrons. The zero-order valence-corrected chi connectivity index (χ0v) is 12.3. The summed E-state index contributed by atoms with van der Waals surface area (Å²) in [7, 11) is 0. The molecule has 1 amide bonds. The summed E-state index contributed by atoms with van der Waals surface area (Å²) in [4.78, 5) is 14.4. The minimum absolute atomic E-state index is 0.128. The van der Waals surface area contributed by atoms with Crippen molar-refractivity contribution in [3.05, 3.63) is 53.6 Å².